The first-order chi connectivity index (χ1) is 21.9. The Labute approximate surface area is 271 Å². The summed E-state index contributed by atoms with van der Waals surface area (Å²) in [7, 11) is 1.89. The summed E-state index contributed by atoms with van der Waals surface area (Å²) in [6.07, 6.45) is 3.24. The molecule has 1 spiro atoms. The summed E-state index contributed by atoms with van der Waals surface area (Å²) in [5, 5.41) is 27.5. The molecule has 1 aliphatic carbocycles. The zero-order valence-electron chi connectivity index (χ0n) is 26.4. The number of hydrogen-bond donors (Lipinski definition) is 4. The van der Waals surface area contributed by atoms with Gasteiger partial charge >= 0.3 is 0 Å². The lowest BCUT2D eigenvalue weighted by atomic mass is 9.68. The predicted octanol–water partition coefficient (Wildman–Crippen LogP) is 2.84. The minimum Gasteiger partial charge on any atom is -0.393 e. The average Bonchev–Trinajstić information content (AvgIpc) is 3.70. The molecule has 3 aromatic heterocycles. The van der Waals surface area contributed by atoms with Crippen molar-refractivity contribution in [3.8, 4) is 17.6 Å². The standard InChI is InChI=1S/C31H41FN10O3S/c1-16(20-10-17(32)12-40(20)3)42(36)29-23(34)28(41-9-5-7-30(2,43)14-41)37-27(38-29)24-19-13-44-15-31(25(19)45-39-24)8-4-6-21-22(31)18(11-33)26(35)46-21/h16-17,20,43H,4-10,12-15,34-36H2,1-3H3. The summed E-state index contributed by atoms with van der Waals surface area (Å²) >= 11 is 1.45. The molecule has 6 heterocycles. The fourth-order valence-corrected chi connectivity index (χ4v) is 9.19. The summed E-state index contributed by atoms with van der Waals surface area (Å²) in [5.74, 6) is 8.38. The van der Waals surface area contributed by atoms with Gasteiger partial charge in [0.05, 0.1) is 41.4 Å². The van der Waals surface area contributed by atoms with Gasteiger partial charge in [-0.15, -0.1) is 11.3 Å². The van der Waals surface area contributed by atoms with Gasteiger partial charge in [-0.25, -0.2) is 20.2 Å². The first kappa shape index (κ1) is 31.1. The molecule has 0 saturated carbocycles. The van der Waals surface area contributed by atoms with Gasteiger partial charge in [-0.1, -0.05) is 5.16 Å². The molecule has 0 amide bonds. The maximum atomic E-state index is 14.4. The summed E-state index contributed by atoms with van der Waals surface area (Å²) in [6, 6.07) is 1.83. The van der Waals surface area contributed by atoms with E-state index in [4.69, 9.17) is 36.5 Å². The number of nitrogens with two attached hydrogens (primary N) is 3. The van der Waals surface area contributed by atoms with Crippen LogP contribution in [-0.2, 0) is 23.2 Å². The van der Waals surface area contributed by atoms with E-state index in [0.29, 0.717) is 78.9 Å². The molecule has 3 aromatic rings. The number of hydrazine groups is 1. The molecule has 0 radical (unpaired) electrons. The molecule has 0 bridgehead atoms. The van der Waals surface area contributed by atoms with Gasteiger partial charge in [-0.2, -0.15) is 5.26 Å². The minimum atomic E-state index is -0.940. The molecular formula is C31H41FN10O3S. The Morgan fingerprint density at radius 3 is 2.78 bits per heavy atom. The summed E-state index contributed by atoms with van der Waals surface area (Å²) in [4.78, 5) is 14.8. The van der Waals surface area contributed by atoms with Crippen molar-refractivity contribution in [2.75, 3.05) is 54.7 Å². The quantitative estimate of drug-likeness (QED) is 0.232. The van der Waals surface area contributed by atoms with Gasteiger partial charge in [0.2, 0.25) is 0 Å². The van der Waals surface area contributed by atoms with E-state index in [1.165, 1.54) is 16.3 Å². The van der Waals surface area contributed by atoms with Crippen molar-refractivity contribution >= 4 is 33.7 Å². The van der Waals surface area contributed by atoms with Gasteiger partial charge in [-0.3, -0.25) is 9.91 Å². The van der Waals surface area contributed by atoms with E-state index in [0.717, 1.165) is 29.7 Å². The number of aromatic nitrogens is 3. The van der Waals surface area contributed by atoms with Crippen LogP contribution in [0, 0.1) is 11.3 Å². The van der Waals surface area contributed by atoms with Crippen molar-refractivity contribution in [2.45, 2.75) is 88.3 Å². The number of nitrogens with zero attached hydrogens (tertiary/aromatic N) is 7. The summed E-state index contributed by atoms with van der Waals surface area (Å²) < 4.78 is 26.8. The number of nitriles is 1. The number of aliphatic hydroxyl groups is 1. The molecule has 2 fully saturated rings. The van der Waals surface area contributed by atoms with Crippen LogP contribution < -0.4 is 27.2 Å². The highest BCUT2D eigenvalue weighted by molar-refractivity contribution is 7.16. The number of halogens is 1. The van der Waals surface area contributed by atoms with E-state index < -0.39 is 17.2 Å². The Morgan fingerprint density at radius 2 is 2.07 bits per heavy atom. The third kappa shape index (κ3) is 4.89. The maximum Gasteiger partial charge on any atom is 0.186 e. The summed E-state index contributed by atoms with van der Waals surface area (Å²) in [5.41, 5.74) is 14.2. The normalized spacial score (nSPS) is 28.6. The highest BCUT2D eigenvalue weighted by atomic mass is 32.1. The van der Waals surface area contributed by atoms with Crippen LogP contribution in [0.4, 0.5) is 26.7 Å². The highest BCUT2D eigenvalue weighted by Crippen LogP contribution is 2.53. The second kappa shape index (κ2) is 11.3. The smallest absolute Gasteiger partial charge is 0.186 e. The molecule has 3 aliphatic heterocycles. The van der Waals surface area contributed by atoms with Crippen LogP contribution >= 0.6 is 11.3 Å². The van der Waals surface area contributed by atoms with Gasteiger partial charge in [0.1, 0.15) is 22.9 Å². The van der Waals surface area contributed by atoms with Crippen LogP contribution in [0.5, 0.6) is 0 Å². The topological polar surface area (TPSA) is 193 Å². The molecule has 246 valence electrons. The van der Waals surface area contributed by atoms with Crippen LogP contribution in [-0.4, -0.2) is 82.3 Å². The SMILES string of the molecule is CC(C1CC(F)CN1C)N(N)c1nc(-c2noc3c2COCC32CCCc3sc(N)c(C#N)c32)nc(N2CCCC(C)(O)C2)c1N. The number of piperidine rings is 1. The van der Waals surface area contributed by atoms with Gasteiger partial charge in [0.25, 0.3) is 0 Å². The average molecular weight is 653 g/mol. The maximum absolute atomic E-state index is 14.4. The van der Waals surface area contributed by atoms with Crippen LogP contribution in [0.1, 0.15) is 73.3 Å². The van der Waals surface area contributed by atoms with Crippen LogP contribution in [0.25, 0.3) is 11.5 Å². The third-order valence-corrected chi connectivity index (χ3v) is 11.4. The molecule has 0 aromatic carbocycles. The Hall–Kier alpha value is -3.55. The van der Waals surface area contributed by atoms with Crippen molar-refractivity contribution in [3.05, 3.63) is 27.3 Å². The van der Waals surface area contributed by atoms with Crippen molar-refractivity contribution in [2.24, 2.45) is 5.84 Å². The zero-order valence-corrected chi connectivity index (χ0v) is 27.2. The van der Waals surface area contributed by atoms with Crippen molar-refractivity contribution in [3.63, 3.8) is 0 Å². The lowest BCUT2D eigenvalue weighted by Gasteiger charge is -2.39. The Morgan fingerprint density at radius 1 is 1.26 bits per heavy atom. The number of thiophene rings is 1. The number of anilines is 4. The fraction of sp³-hybridized carbons (Fsp3) is 0.613. The number of β-amino-alcohol motifs (C(OH)–C–C–N with tert-alkyl or cyclic N) is 1. The molecule has 7 rings (SSSR count). The Balaban J connectivity index is 1.36. The van der Waals surface area contributed by atoms with Crippen molar-refractivity contribution in [1.82, 2.24) is 20.0 Å². The van der Waals surface area contributed by atoms with E-state index in [2.05, 4.69) is 11.2 Å². The molecule has 13 nitrogen and oxygen atoms in total. The number of hydrogen-bond acceptors (Lipinski definition) is 14. The molecule has 15 heteroatoms. The third-order valence-electron chi connectivity index (χ3n) is 10.3. The molecule has 7 N–H and O–H groups in total. The zero-order chi connectivity index (χ0) is 32.5. The van der Waals surface area contributed by atoms with Crippen molar-refractivity contribution < 1.29 is 18.8 Å². The van der Waals surface area contributed by atoms with Gasteiger partial charge in [0, 0.05) is 36.1 Å². The summed E-state index contributed by atoms with van der Waals surface area (Å²) in [6.45, 7) is 5.58. The van der Waals surface area contributed by atoms with Crippen LogP contribution in [0.15, 0.2) is 4.52 Å². The van der Waals surface area contributed by atoms with E-state index >= 15 is 0 Å². The molecular weight excluding hydrogens is 611 g/mol. The van der Waals surface area contributed by atoms with Gasteiger partial charge in [-0.05, 0) is 59.4 Å². The van der Waals surface area contributed by atoms with Crippen molar-refractivity contribution in [1.29, 1.82) is 5.26 Å². The molecule has 5 unspecified atom stereocenters. The highest BCUT2D eigenvalue weighted by Gasteiger charge is 2.50. The number of alkyl halides is 1. The number of likely N-dealkylation sites (tertiary alicyclic amines) is 1. The van der Waals surface area contributed by atoms with E-state index in [1.807, 2.05) is 23.8 Å². The number of aryl methyl sites for hydroxylation is 1. The van der Waals surface area contributed by atoms with E-state index in [-0.39, 0.29) is 36.0 Å². The minimum absolute atomic E-state index is 0.155. The predicted molar refractivity (Wildman–Crippen MR) is 173 cm³/mol. The Kier molecular flexibility index (Phi) is 7.64. The first-order valence-electron chi connectivity index (χ1n) is 15.9. The Bertz CT molecular complexity index is 1700. The molecule has 46 heavy (non-hydrogen) atoms. The lowest BCUT2D eigenvalue weighted by Crippen LogP contribution is -2.51. The second-order valence-corrected chi connectivity index (χ2v) is 14.8. The van der Waals surface area contributed by atoms with Gasteiger partial charge < -0.3 is 30.7 Å². The van der Waals surface area contributed by atoms with E-state index in [9.17, 15) is 14.8 Å². The van der Waals surface area contributed by atoms with Crippen LogP contribution in [0.3, 0.4) is 0 Å². The number of ether oxygens (including phenoxy) is 1. The lowest BCUT2D eigenvalue weighted by molar-refractivity contribution is 0.0447. The number of rotatable bonds is 5. The fourth-order valence-electron chi connectivity index (χ4n) is 8.02. The number of fused-ring (bicyclic) bond motifs is 4. The number of nitrogen functional groups attached to an aromatic ring is 2. The molecule has 2 saturated heterocycles. The second-order valence-electron chi connectivity index (χ2n) is 13.6. The monoisotopic (exact) mass is 652 g/mol. The molecule has 5 atom stereocenters. The number of likely N-dealkylation sites (N-methyl/N-ethyl adjacent to an activating group) is 1. The van der Waals surface area contributed by atoms with Gasteiger partial charge in [0.15, 0.2) is 28.9 Å². The first-order valence-corrected chi connectivity index (χ1v) is 16.7. The largest absolute Gasteiger partial charge is 0.393 e. The molecule has 4 aliphatic rings. The van der Waals surface area contributed by atoms with E-state index in [1.54, 1.807) is 6.92 Å². The van der Waals surface area contributed by atoms with Crippen LogP contribution in [0.2, 0.25) is 0 Å².